The van der Waals surface area contributed by atoms with Crippen LogP contribution in [0.1, 0.15) is 36.5 Å². The lowest BCUT2D eigenvalue weighted by Crippen LogP contribution is -2.28. The minimum atomic E-state index is -0.178. The number of ether oxygens (including phenoxy) is 3. The lowest BCUT2D eigenvalue weighted by molar-refractivity contribution is -0.123. The Morgan fingerprint density at radius 1 is 1.04 bits per heavy atom. The number of nitrogens with one attached hydrogen (secondary N) is 1. The predicted octanol–water partition coefficient (Wildman–Crippen LogP) is 3.83. The molecular weight excluding hydrogens is 330 g/mol. The summed E-state index contributed by atoms with van der Waals surface area (Å²) in [6.07, 6.45) is 0. The third kappa shape index (κ3) is 5.41. The molecule has 0 aliphatic heterocycles. The Kier molecular flexibility index (Phi) is 6.89. The Balaban J connectivity index is 1.95. The standard InChI is InChI=1S/C21H27NO4/c1-14(2)19-7-6-15(3)8-20(19)26-13-21(23)22-12-16-9-17(24-4)11-18(10-16)25-5/h6-11,14H,12-13H2,1-5H3,(H,22,23). The van der Waals surface area contributed by atoms with Gasteiger partial charge in [-0.2, -0.15) is 0 Å². The van der Waals surface area contributed by atoms with Crippen molar-refractivity contribution in [2.45, 2.75) is 33.2 Å². The highest BCUT2D eigenvalue weighted by molar-refractivity contribution is 5.77. The van der Waals surface area contributed by atoms with Crippen LogP contribution in [0.5, 0.6) is 17.2 Å². The first-order valence-electron chi connectivity index (χ1n) is 8.65. The van der Waals surface area contributed by atoms with Gasteiger partial charge in [0, 0.05) is 12.6 Å². The topological polar surface area (TPSA) is 56.8 Å². The second kappa shape index (κ2) is 9.13. The zero-order valence-corrected chi connectivity index (χ0v) is 16.1. The number of methoxy groups -OCH3 is 2. The number of carbonyl (C=O) groups excluding carboxylic acids is 1. The van der Waals surface area contributed by atoms with Crippen molar-refractivity contribution in [3.05, 3.63) is 53.1 Å². The first-order chi connectivity index (χ1) is 12.4. The molecule has 1 amide bonds. The quantitative estimate of drug-likeness (QED) is 0.780. The van der Waals surface area contributed by atoms with Crippen LogP contribution >= 0.6 is 0 Å². The fourth-order valence-electron chi connectivity index (χ4n) is 2.61. The second-order valence-corrected chi connectivity index (χ2v) is 6.48. The third-order valence-electron chi connectivity index (χ3n) is 4.05. The van der Waals surface area contributed by atoms with Crippen LogP contribution in [-0.2, 0) is 11.3 Å². The van der Waals surface area contributed by atoms with Gasteiger partial charge in [-0.05, 0) is 47.7 Å². The number of hydrogen-bond donors (Lipinski definition) is 1. The van der Waals surface area contributed by atoms with Gasteiger partial charge in [-0.15, -0.1) is 0 Å². The summed E-state index contributed by atoms with van der Waals surface area (Å²) in [6.45, 7) is 6.57. The van der Waals surface area contributed by atoms with Crippen molar-refractivity contribution in [1.29, 1.82) is 0 Å². The van der Waals surface area contributed by atoms with Crippen LogP contribution < -0.4 is 19.5 Å². The molecule has 0 saturated carbocycles. The number of rotatable bonds is 8. The molecule has 0 heterocycles. The number of hydrogen-bond acceptors (Lipinski definition) is 4. The molecule has 0 radical (unpaired) electrons. The number of aryl methyl sites for hydroxylation is 1. The molecule has 0 saturated heterocycles. The van der Waals surface area contributed by atoms with Gasteiger partial charge in [0.05, 0.1) is 14.2 Å². The van der Waals surface area contributed by atoms with Crippen molar-refractivity contribution in [2.75, 3.05) is 20.8 Å². The van der Waals surface area contributed by atoms with Gasteiger partial charge in [0.15, 0.2) is 6.61 Å². The van der Waals surface area contributed by atoms with Gasteiger partial charge in [-0.3, -0.25) is 4.79 Å². The molecule has 0 atom stereocenters. The molecular formula is C21H27NO4. The molecule has 2 rings (SSSR count). The molecule has 1 N–H and O–H groups in total. The highest BCUT2D eigenvalue weighted by Gasteiger charge is 2.10. The highest BCUT2D eigenvalue weighted by atomic mass is 16.5. The van der Waals surface area contributed by atoms with E-state index in [-0.39, 0.29) is 12.5 Å². The van der Waals surface area contributed by atoms with Gasteiger partial charge in [-0.1, -0.05) is 26.0 Å². The Hall–Kier alpha value is -2.69. The van der Waals surface area contributed by atoms with Gasteiger partial charge in [0.1, 0.15) is 17.2 Å². The van der Waals surface area contributed by atoms with E-state index in [1.54, 1.807) is 20.3 Å². The Labute approximate surface area is 155 Å². The normalized spacial score (nSPS) is 10.5. The molecule has 26 heavy (non-hydrogen) atoms. The zero-order valence-electron chi connectivity index (χ0n) is 16.1. The Morgan fingerprint density at radius 2 is 1.69 bits per heavy atom. The van der Waals surface area contributed by atoms with E-state index >= 15 is 0 Å². The van der Waals surface area contributed by atoms with Gasteiger partial charge in [0.25, 0.3) is 5.91 Å². The molecule has 5 nitrogen and oxygen atoms in total. The third-order valence-corrected chi connectivity index (χ3v) is 4.05. The molecule has 0 aliphatic carbocycles. The van der Waals surface area contributed by atoms with E-state index in [1.165, 1.54) is 0 Å². The first kappa shape index (κ1) is 19.6. The summed E-state index contributed by atoms with van der Waals surface area (Å²) in [4.78, 5) is 12.2. The van der Waals surface area contributed by atoms with Crippen LogP contribution in [0.3, 0.4) is 0 Å². The summed E-state index contributed by atoms with van der Waals surface area (Å²) in [5, 5.41) is 2.86. The fraction of sp³-hybridized carbons (Fsp3) is 0.381. The maximum absolute atomic E-state index is 12.2. The lowest BCUT2D eigenvalue weighted by atomic mass is 10.0. The minimum absolute atomic E-state index is 0.0235. The number of carbonyl (C=O) groups is 1. The SMILES string of the molecule is COc1cc(CNC(=O)COc2cc(C)ccc2C(C)C)cc(OC)c1. The van der Waals surface area contributed by atoms with Crippen LogP contribution in [0.15, 0.2) is 36.4 Å². The average molecular weight is 357 g/mol. The number of benzene rings is 2. The van der Waals surface area contributed by atoms with Crippen LogP contribution in [0.25, 0.3) is 0 Å². The van der Waals surface area contributed by atoms with Crippen LogP contribution in [0, 0.1) is 6.92 Å². The maximum atomic E-state index is 12.2. The van der Waals surface area contributed by atoms with Crippen molar-refractivity contribution in [1.82, 2.24) is 5.32 Å². The summed E-state index contributed by atoms with van der Waals surface area (Å²) in [5.74, 6) is 2.29. The largest absolute Gasteiger partial charge is 0.497 e. The molecule has 0 aromatic heterocycles. The molecule has 5 heteroatoms. The van der Waals surface area contributed by atoms with E-state index in [0.717, 1.165) is 22.4 Å². The van der Waals surface area contributed by atoms with E-state index < -0.39 is 0 Å². The van der Waals surface area contributed by atoms with Gasteiger partial charge < -0.3 is 19.5 Å². The second-order valence-electron chi connectivity index (χ2n) is 6.48. The predicted molar refractivity (Wildman–Crippen MR) is 102 cm³/mol. The smallest absolute Gasteiger partial charge is 0.258 e. The molecule has 0 fully saturated rings. The van der Waals surface area contributed by atoms with Gasteiger partial charge in [-0.25, -0.2) is 0 Å². The fourth-order valence-corrected chi connectivity index (χ4v) is 2.61. The van der Waals surface area contributed by atoms with Crippen LogP contribution in [0.4, 0.5) is 0 Å². The first-order valence-corrected chi connectivity index (χ1v) is 8.65. The van der Waals surface area contributed by atoms with Crippen molar-refractivity contribution in [3.63, 3.8) is 0 Å². The lowest BCUT2D eigenvalue weighted by Gasteiger charge is -2.15. The Morgan fingerprint density at radius 3 is 2.27 bits per heavy atom. The minimum Gasteiger partial charge on any atom is -0.497 e. The summed E-state index contributed by atoms with van der Waals surface area (Å²) in [5.41, 5.74) is 3.10. The molecule has 0 spiro atoms. The van der Waals surface area contributed by atoms with E-state index in [1.807, 2.05) is 25.1 Å². The average Bonchev–Trinajstić information content (AvgIpc) is 2.64. The molecule has 140 valence electrons. The van der Waals surface area contributed by atoms with E-state index in [0.29, 0.717) is 24.0 Å². The molecule has 0 bridgehead atoms. The molecule has 0 unspecified atom stereocenters. The summed E-state index contributed by atoms with van der Waals surface area (Å²) < 4.78 is 16.2. The van der Waals surface area contributed by atoms with Crippen molar-refractivity contribution in [2.24, 2.45) is 0 Å². The summed E-state index contributed by atoms with van der Waals surface area (Å²) in [7, 11) is 3.19. The van der Waals surface area contributed by atoms with E-state index in [9.17, 15) is 4.79 Å². The highest BCUT2D eigenvalue weighted by Crippen LogP contribution is 2.27. The molecule has 2 aromatic carbocycles. The van der Waals surface area contributed by atoms with Crippen LogP contribution in [-0.4, -0.2) is 26.7 Å². The van der Waals surface area contributed by atoms with Crippen LogP contribution in [0.2, 0.25) is 0 Å². The van der Waals surface area contributed by atoms with Crippen molar-refractivity contribution in [3.8, 4) is 17.2 Å². The van der Waals surface area contributed by atoms with E-state index in [2.05, 4.69) is 31.3 Å². The summed E-state index contributed by atoms with van der Waals surface area (Å²) >= 11 is 0. The zero-order chi connectivity index (χ0) is 19.1. The van der Waals surface area contributed by atoms with Crippen molar-refractivity contribution >= 4 is 5.91 Å². The van der Waals surface area contributed by atoms with Gasteiger partial charge in [0.2, 0.25) is 0 Å². The molecule has 0 aliphatic rings. The Bertz CT molecular complexity index is 733. The monoisotopic (exact) mass is 357 g/mol. The summed E-state index contributed by atoms with van der Waals surface area (Å²) in [6, 6.07) is 11.6. The maximum Gasteiger partial charge on any atom is 0.258 e. The number of amides is 1. The van der Waals surface area contributed by atoms with E-state index in [4.69, 9.17) is 14.2 Å². The molecule has 2 aromatic rings. The van der Waals surface area contributed by atoms with Crippen molar-refractivity contribution < 1.29 is 19.0 Å². The van der Waals surface area contributed by atoms with Gasteiger partial charge >= 0.3 is 0 Å².